The lowest BCUT2D eigenvalue weighted by Crippen LogP contribution is -2.31. The molecule has 1 amide bonds. The maximum absolute atomic E-state index is 13.1. The molecule has 0 bridgehead atoms. The molecule has 33 heavy (non-hydrogen) atoms. The number of hydrogen-bond acceptors (Lipinski definition) is 6. The summed E-state index contributed by atoms with van der Waals surface area (Å²) in [6, 6.07) is 10.2. The van der Waals surface area contributed by atoms with Gasteiger partial charge in [0.15, 0.2) is 6.61 Å². The van der Waals surface area contributed by atoms with E-state index in [1.165, 1.54) is 43.3 Å². The van der Waals surface area contributed by atoms with Crippen molar-refractivity contribution >= 4 is 27.6 Å². The average Bonchev–Trinajstić information content (AvgIpc) is 3.33. The highest BCUT2D eigenvalue weighted by Crippen LogP contribution is 2.28. The number of amides is 1. The van der Waals surface area contributed by atoms with Crippen molar-refractivity contribution in [3.8, 4) is 0 Å². The molecule has 0 aliphatic carbocycles. The largest absolute Gasteiger partial charge is 0.452 e. The molecular formula is C23H28FN3O5S. The highest BCUT2D eigenvalue weighted by molar-refractivity contribution is 7.89. The second-order valence-electron chi connectivity index (χ2n) is 8.11. The minimum atomic E-state index is -3.75. The van der Waals surface area contributed by atoms with E-state index in [-0.39, 0.29) is 22.8 Å². The van der Waals surface area contributed by atoms with Gasteiger partial charge in [0.1, 0.15) is 5.82 Å². The topological polar surface area (TPSA) is 87.2 Å². The number of nitrogens with zero attached hydrogens (tertiary/aromatic N) is 3. The first kappa shape index (κ1) is 24.7. The number of halogens is 1. The third-order valence-electron chi connectivity index (χ3n) is 5.50. The number of hydrogen-bond donors (Lipinski definition) is 0. The van der Waals surface area contributed by atoms with Crippen LogP contribution in [-0.2, 0) is 26.1 Å². The number of anilines is 1. The Balaban J connectivity index is 1.75. The van der Waals surface area contributed by atoms with Gasteiger partial charge < -0.3 is 14.5 Å². The molecule has 2 aromatic rings. The van der Waals surface area contributed by atoms with Gasteiger partial charge in [-0.3, -0.25) is 4.79 Å². The van der Waals surface area contributed by atoms with Crippen molar-refractivity contribution < 1.29 is 27.1 Å². The molecule has 1 fully saturated rings. The van der Waals surface area contributed by atoms with Crippen LogP contribution in [0.15, 0.2) is 47.4 Å². The van der Waals surface area contributed by atoms with Gasteiger partial charge in [-0.05, 0) is 48.7 Å². The number of sulfonamides is 1. The van der Waals surface area contributed by atoms with E-state index in [1.54, 1.807) is 25.2 Å². The number of benzene rings is 2. The van der Waals surface area contributed by atoms with Gasteiger partial charge in [-0.25, -0.2) is 21.9 Å². The molecule has 178 valence electrons. The number of ether oxygens (including phenoxy) is 1. The highest BCUT2D eigenvalue weighted by atomic mass is 32.2. The number of rotatable bonds is 8. The van der Waals surface area contributed by atoms with Gasteiger partial charge in [0.25, 0.3) is 5.91 Å². The summed E-state index contributed by atoms with van der Waals surface area (Å²) < 4.78 is 44.5. The third kappa shape index (κ3) is 5.88. The average molecular weight is 478 g/mol. The van der Waals surface area contributed by atoms with Gasteiger partial charge in [0.2, 0.25) is 10.0 Å². The number of carbonyl (C=O) groups excluding carboxylic acids is 2. The van der Waals surface area contributed by atoms with Crippen LogP contribution in [0.3, 0.4) is 0 Å². The van der Waals surface area contributed by atoms with Crippen molar-refractivity contribution in [3.63, 3.8) is 0 Å². The maximum Gasteiger partial charge on any atom is 0.340 e. The minimum Gasteiger partial charge on any atom is -0.452 e. The molecule has 3 rings (SSSR count). The SMILES string of the molecule is CN(Cc1ccc(F)cc1)C(=O)COC(=O)c1cc(S(=O)(=O)N(C)C)ccc1N1CCCC1. The summed E-state index contributed by atoms with van der Waals surface area (Å²) in [6.45, 7) is 1.23. The molecule has 1 heterocycles. The smallest absolute Gasteiger partial charge is 0.340 e. The number of carbonyl (C=O) groups is 2. The van der Waals surface area contributed by atoms with Crippen molar-refractivity contribution in [2.45, 2.75) is 24.3 Å². The standard InChI is InChI=1S/C23H28FN3O5S/c1-25(2)33(30,31)19-10-11-21(27-12-4-5-13-27)20(14-19)23(29)32-16-22(28)26(3)15-17-6-8-18(24)9-7-17/h6-11,14H,4-5,12-13,15-16H2,1-3H3. The Hall–Kier alpha value is -2.98. The normalized spacial score (nSPS) is 13.9. The van der Waals surface area contributed by atoms with Crippen LogP contribution in [0, 0.1) is 5.82 Å². The molecule has 0 unspecified atom stereocenters. The van der Waals surface area contributed by atoms with Crippen LogP contribution in [0.2, 0.25) is 0 Å². The van der Waals surface area contributed by atoms with E-state index in [1.807, 2.05) is 4.90 Å². The first-order valence-electron chi connectivity index (χ1n) is 10.6. The Morgan fingerprint density at radius 2 is 1.67 bits per heavy atom. The van der Waals surface area contributed by atoms with Crippen LogP contribution in [0.5, 0.6) is 0 Å². The van der Waals surface area contributed by atoms with Gasteiger partial charge in [-0.1, -0.05) is 12.1 Å². The summed E-state index contributed by atoms with van der Waals surface area (Å²) in [5.41, 5.74) is 1.42. The lowest BCUT2D eigenvalue weighted by molar-refractivity contribution is -0.133. The second-order valence-corrected chi connectivity index (χ2v) is 10.3. The molecule has 10 heteroatoms. The minimum absolute atomic E-state index is 0.0258. The molecule has 0 spiro atoms. The van der Waals surface area contributed by atoms with Crippen molar-refractivity contribution in [2.24, 2.45) is 0 Å². The summed E-state index contributed by atoms with van der Waals surface area (Å²) in [4.78, 5) is 28.7. The van der Waals surface area contributed by atoms with Crippen LogP contribution in [0.1, 0.15) is 28.8 Å². The van der Waals surface area contributed by atoms with E-state index >= 15 is 0 Å². The molecule has 1 saturated heterocycles. The fraction of sp³-hybridized carbons (Fsp3) is 0.391. The van der Waals surface area contributed by atoms with E-state index in [2.05, 4.69) is 0 Å². The van der Waals surface area contributed by atoms with Crippen molar-refractivity contribution in [1.82, 2.24) is 9.21 Å². The quantitative estimate of drug-likeness (QED) is 0.543. The van der Waals surface area contributed by atoms with Gasteiger partial charge in [0.05, 0.1) is 16.1 Å². The Kier molecular flexibility index (Phi) is 7.70. The van der Waals surface area contributed by atoms with Crippen LogP contribution in [0.4, 0.5) is 10.1 Å². The van der Waals surface area contributed by atoms with E-state index in [4.69, 9.17) is 4.74 Å². The monoisotopic (exact) mass is 477 g/mol. The Morgan fingerprint density at radius 3 is 2.27 bits per heavy atom. The zero-order valence-corrected chi connectivity index (χ0v) is 19.8. The van der Waals surface area contributed by atoms with Crippen LogP contribution < -0.4 is 4.90 Å². The molecule has 2 aromatic carbocycles. The van der Waals surface area contributed by atoms with Crippen molar-refractivity contribution in [1.29, 1.82) is 0 Å². The predicted octanol–water partition coefficient (Wildman–Crippen LogP) is 2.49. The summed E-state index contributed by atoms with van der Waals surface area (Å²) >= 11 is 0. The second kappa shape index (κ2) is 10.3. The highest BCUT2D eigenvalue weighted by Gasteiger charge is 2.26. The fourth-order valence-corrected chi connectivity index (χ4v) is 4.48. The summed E-state index contributed by atoms with van der Waals surface area (Å²) in [5.74, 6) is -1.57. The number of likely N-dealkylation sites (N-methyl/N-ethyl adjacent to an activating group) is 1. The van der Waals surface area contributed by atoms with Gasteiger partial charge >= 0.3 is 5.97 Å². The molecule has 0 N–H and O–H groups in total. The first-order valence-corrected chi connectivity index (χ1v) is 12.0. The fourth-order valence-electron chi connectivity index (χ4n) is 3.55. The molecule has 0 atom stereocenters. The zero-order chi connectivity index (χ0) is 24.2. The molecule has 8 nitrogen and oxygen atoms in total. The zero-order valence-electron chi connectivity index (χ0n) is 19.0. The van der Waals surface area contributed by atoms with Gasteiger partial charge in [-0.15, -0.1) is 0 Å². The molecule has 0 radical (unpaired) electrons. The molecular weight excluding hydrogens is 449 g/mol. The predicted molar refractivity (Wildman–Crippen MR) is 122 cm³/mol. The van der Waals surface area contributed by atoms with Gasteiger partial charge in [0, 0.05) is 40.8 Å². The van der Waals surface area contributed by atoms with Crippen LogP contribution in [-0.4, -0.2) is 70.3 Å². The molecule has 0 aromatic heterocycles. The van der Waals surface area contributed by atoms with E-state index in [0.717, 1.165) is 35.8 Å². The molecule has 1 aliphatic rings. The molecule has 1 aliphatic heterocycles. The Labute approximate surface area is 193 Å². The van der Waals surface area contributed by atoms with E-state index in [9.17, 15) is 22.4 Å². The van der Waals surface area contributed by atoms with Crippen molar-refractivity contribution in [2.75, 3.05) is 45.7 Å². The number of esters is 1. The lowest BCUT2D eigenvalue weighted by atomic mass is 10.1. The van der Waals surface area contributed by atoms with E-state index < -0.39 is 28.5 Å². The van der Waals surface area contributed by atoms with Gasteiger partial charge in [-0.2, -0.15) is 0 Å². The van der Waals surface area contributed by atoms with Crippen LogP contribution >= 0.6 is 0 Å². The van der Waals surface area contributed by atoms with Crippen LogP contribution in [0.25, 0.3) is 0 Å². The Bertz CT molecular complexity index is 1110. The maximum atomic E-state index is 13.1. The lowest BCUT2D eigenvalue weighted by Gasteiger charge is -2.22. The first-order chi connectivity index (χ1) is 15.6. The van der Waals surface area contributed by atoms with Crippen molar-refractivity contribution in [3.05, 3.63) is 59.4 Å². The van der Waals surface area contributed by atoms with E-state index in [0.29, 0.717) is 5.69 Å². The summed E-state index contributed by atoms with van der Waals surface area (Å²) in [7, 11) is 0.633. The molecule has 0 saturated carbocycles. The summed E-state index contributed by atoms with van der Waals surface area (Å²) in [6.07, 6.45) is 1.94. The third-order valence-corrected chi connectivity index (χ3v) is 7.31. The summed E-state index contributed by atoms with van der Waals surface area (Å²) in [5, 5.41) is 0. The Morgan fingerprint density at radius 1 is 1.03 bits per heavy atom.